The standard InChI is InChI=1S/3C11H14O3.B/c3*1-11(2,3)14-9-7-5-4-6-8(9)10(12)13;/h3*4-7H,1-3H3,(H,12,13);/q;;;+3/p-3. The molecule has 43 heavy (non-hydrogen) atoms. The zero-order valence-corrected chi connectivity index (χ0v) is 26.2. The van der Waals surface area contributed by atoms with E-state index in [0.29, 0.717) is 17.2 Å². The van der Waals surface area contributed by atoms with Crippen LogP contribution in [0.5, 0.6) is 17.2 Å². The summed E-state index contributed by atoms with van der Waals surface area (Å²) in [6, 6.07) is 19.4. The predicted octanol–water partition coefficient (Wildman–Crippen LogP) is 3.30. The van der Waals surface area contributed by atoms with E-state index in [1.165, 1.54) is 18.2 Å². The fourth-order valence-corrected chi connectivity index (χ4v) is 3.16. The fraction of sp³-hybridized carbons (Fsp3) is 0.364. The van der Waals surface area contributed by atoms with Gasteiger partial charge in [0.15, 0.2) is 0 Å². The van der Waals surface area contributed by atoms with Crippen LogP contribution in [0, 0.1) is 0 Å². The van der Waals surface area contributed by atoms with Gasteiger partial charge in [0.05, 0.1) is 17.9 Å². The van der Waals surface area contributed by atoms with E-state index in [2.05, 4.69) is 0 Å². The van der Waals surface area contributed by atoms with Gasteiger partial charge in [-0.05, 0) is 98.7 Å². The summed E-state index contributed by atoms with van der Waals surface area (Å²) in [7, 11) is 0. The Hall–Kier alpha value is -4.47. The molecule has 0 N–H and O–H groups in total. The quantitative estimate of drug-likeness (QED) is 0.394. The Bertz CT molecular complexity index is 1180. The van der Waals surface area contributed by atoms with Crippen LogP contribution in [-0.2, 0) is 0 Å². The first kappa shape index (κ1) is 38.5. The van der Waals surface area contributed by atoms with Crippen LogP contribution in [0.3, 0.4) is 0 Å². The summed E-state index contributed by atoms with van der Waals surface area (Å²) in [5.74, 6) is -2.61. The van der Waals surface area contributed by atoms with Crippen molar-refractivity contribution in [3.05, 3.63) is 89.5 Å². The van der Waals surface area contributed by atoms with E-state index in [9.17, 15) is 29.7 Å². The van der Waals surface area contributed by atoms with Crippen molar-refractivity contribution in [2.45, 2.75) is 79.1 Å². The van der Waals surface area contributed by atoms with Crippen LogP contribution < -0.4 is 29.5 Å². The van der Waals surface area contributed by atoms with Crippen LogP contribution in [0.4, 0.5) is 0 Å². The number of carboxylic acids is 3. The second-order valence-corrected chi connectivity index (χ2v) is 12.0. The molecule has 0 radical (unpaired) electrons. The number of hydrogen-bond donors (Lipinski definition) is 0. The molecule has 0 aliphatic rings. The molecular formula is C33H39BO9. The maximum absolute atomic E-state index is 10.7. The monoisotopic (exact) mass is 590 g/mol. The number of hydrogen-bond acceptors (Lipinski definition) is 9. The van der Waals surface area contributed by atoms with E-state index < -0.39 is 34.7 Å². The van der Waals surface area contributed by atoms with Crippen LogP contribution in [0.15, 0.2) is 72.8 Å². The Kier molecular flexibility index (Phi) is 14.6. The molecular weight excluding hydrogens is 551 g/mol. The molecule has 0 amide bonds. The second kappa shape index (κ2) is 16.2. The first-order valence-corrected chi connectivity index (χ1v) is 13.2. The number of rotatable bonds is 6. The van der Waals surface area contributed by atoms with Gasteiger partial charge in [-0.3, -0.25) is 0 Å². The summed E-state index contributed by atoms with van der Waals surface area (Å²) in [5, 5.41) is 32.1. The van der Waals surface area contributed by atoms with Gasteiger partial charge in [-0.25, -0.2) is 0 Å². The van der Waals surface area contributed by atoms with Crippen molar-refractivity contribution < 1.29 is 43.9 Å². The first-order chi connectivity index (χ1) is 19.2. The molecule has 0 heterocycles. The van der Waals surface area contributed by atoms with Gasteiger partial charge in [0, 0.05) is 16.7 Å². The molecule has 0 bridgehead atoms. The zero-order chi connectivity index (χ0) is 32.3. The van der Waals surface area contributed by atoms with Gasteiger partial charge in [0.25, 0.3) is 0 Å². The topological polar surface area (TPSA) is 148 Å². The Balaban J connectivity index is 0.000000608. The fourth-order valence-electron chi connectivity index (χ4n) is 3.16. The van der Waals surface area contributed by atoms with Gasteiger partial charge in [-0.2, -0.15) is 0 Å². The van der Waals surface area contributed by atoms with E-state index in [-0.39, 0.29) is 25.1 Å². The molecule has 0 aliphatic heterocycles. The summed E-state index contributed by atoms with van der Waals surface area (Å²) >= 11 is 0. The van der Waals surface area contributed by atoms with Gasteiger partial charge < -0.3 is 43.9 Å². The van der Waals surface area contributed by atoms with E-state index in [4.69, 9.17) is 14.2 Å². The Morgan fingerprint density at radius 3 is 0.791 bits per heavy atom. The van der Waals surface area contributed by atoms with Crippen molar-refractivity contribution in [3.8, 4) is 17.2 Å². The van der Waals surface area contributed by atoms with Crippen LogP contribution in [0.2, 0.25) is 0 Å². The van der Waals surface area contributed by atoms with E-state index >= 15 is 0 Å². The van der Waals surface area contributed by atoms with Gasteiger partial charge in [-0.15, -0.1) is 0 Å². The molecule has 0 aliphatic carbocycles. The molecule has 3 aromatic carbocycles. The van der Waals surface area contributed by atoms with Crippen LogP contribution in [-0.4, -0.2) is 43.1 Å². The average Bonchev–Trinajstić information content (AvgIpc) is 2.82. The Morgan fingerprint density at radius 1 is 0.442 bits per heavy atom. The smallest absolute Gasteiger partial charge is 0.545 e. The van der Waals surface area contributed by atoms with E-state index in [1.807, 2.05) is 62.3 Å². The number of para-hydroxylation sites is 3. The predicted molar refractivity (Wildman–Crippen MR) is 159 cm³/mol. The first-order valence-electron chi connectivity index (χ1n) is 13.2. The molecule has 0 spiro atoms. The minimum Gasteiger partial charge on any atom is -0.545 e. The number of carbonyl (C=O) groups excluding carboxylic acids is 3. The van der Waals surface area contributed by atoms with Crippen molar-refractivity contribution in [1.82, 2.24) is 0 Å². The molecule has 0 aromatic heterocycles. The molecule has 3 rings (SSSR count). The molecule has 3 aromatic rings. The third kappa shape index (κ3) is 15.4. The third-order valence-corrected chi connectivity index (χ3v) is 4.57. The molecule has 9 nitrogen and oxygen atoms in total. The average molecular weight is 590 g/mol. The van der Waals surface area contributed by atoms with Crippen molar-refractivity contribution in [1.29, 1.82) is 0 Å². The van der Waals surface area contributed by atoms with Crippen molar-refractivity contribution in [2.24, 2.45) is 0 Å². The van der Waals surface area contributed by atoms with Crippen molar-refractivity contribution in [2.75, 3.05) is 0 Å². The number of carbonyl (C=O) groups is 3. The van der Waals surface area contributed by atoms with E-state index in [1.54, 1.807) is 54.6 Å². The molecule has 0 saturated carbocycles. The number of benzene rings is 3. The van der Waals surface area contributed by atoms with Gasteiger partial charge in [-0.1, -0.05) is 36.4 Å². The minimum absolute atomic E-state index is 0. The summed E-state index contributed by atoms with van der Waals surface area (Å²) in [5.41, 5.74) is -0.977. The summed E-state index contributed by atoms with van der Waals surface area (Å²) in [6.45, 7) is 16.7. The molecule has 0 unspecified atom stereocenters. The number of ether oxygens (including phenoxy) is 3. The molecule has 228 valence electrons. The maximum atomic E-state index is 10.7. The molecule has 10 heteroatoms. The SMILES string of the molecule is CC(C)(C)Oc1ccccc1C(=O)[O-].CC(C)(C)Oc1ccccc1C(=O)[O-].CC(C)(C)Oc1ccccc1C(=O)[O-].[B+3]. The third-order valence-electron chi connectivity index (χ3n) is 4.57. The molecule has 0 atom stereocenters. The van der Waals surface area contributed by atoms with Crippen LogP contribution in [0.1, 0.15) is 93.4 Å². The summed E-state index contributed by atoms with van der Waals surface area (Å²) < 4.78 is 16.4. The van der Waals surface area contributed by atoms with Crippen molar-refractivity contribution >= 4 is 26.3 Å². The second-order valence-electron chi connectivity index (χ2n) is 12.0. The van der Waals surface area contributed by atoms with Crippen molar-refractivity contribution in [3.63, 3.8) is 0 Å². The normalized spacial score (nSPS) is 10.8. The molecule has 0 saturated heterocycles. The zero-order valence-electron chi connectivity index (χ0n) is 26.2. The summed E-state index contributed by atoms with van der Waals surface area (Å²) in [4.78, 5) is 32.1. The largest absolute Gasteiger partial charge is 3.00 e. The van der Waals surface area contributed by atoms with Gasteiger partial charge in [0.2, 0.25) is 0 Å². The summed E-state index contributed by atoms with van der Waals surface area (Å²) in [6.07, 6.45) is 0. The number of carboxylic acid groups (broad SMARTS) is 3. The molecule has 0 fully saturated rings. The minimum atomic E-state index is -1.22. The van der Waals surface area contributed by atoms with E-state index in [0.717, 1.165) is 0 Å². The Labute approximate surface area is 256 Å². The Morgan fingerprint density at radius 2 is 0.628 bits per heavy atom. The van der Waals surface area contributed by atoms with Gasteiger partial charge >= 0.3 is 8.41 Å². The van der Waals surface area contributed by atoms with Crippen LogP contribution in [0.25, 0.3) is 0 Å². The number of aromatic carboxylic acids is 3. The maximum Gasteiger partial charge on any atom is 3.00 e. The van der Waals surface area contributed by atoms with Gasteiger partial charge in [0.1, 0.15) is 34.1 Å². The van der Waals surface area contributed by atoms with Crippen LogP contribution >= 0.6 is 0 Å².